The van der Waals surface area contributed by atoms with Gasteiger partial charge in [0.15, 0.2) is 11.5 Å². The summed E-state index contributed by atoms with van der Waals surface area (Å²) in [6, 6.07) is 5.67. The Kier molecular flexibility index (Phi) is 7.46. The first-order chi connectivity index (χ1) is 10.0. The first-order valence-corrected chi connectivity index (χ1v) is 7.64. The number of benzene rings is 1. The van der Waals surface area contributed by atoms with E-state index in [9.17, 15) is 5.11 Å². The monoisotopic (exact) mass is 348 g/mol. The number of hydrogen-bond donors (Lipinski definition) is 1. The summed E-state index contributed by atoms with van der Waals surface area (Å²) in [6.45, 7) is 9.80. The molecular formula is C18H25CoO3-. The van der Waals surface area contributed by atoms with Crippen molar-refractivity contribution in [1.82, 2.24) is 0 Å². The smallest absolute Gasteiger partial charge is 0.161 e. The van der Waals surface area contributed by atoms with Crippen LogP contribution in [0.3, 0.4) is 0 Å². The molecule has 0 aromatic heterocycles. The van der Waals surface area contributed by atoms with Crippen LogP contribution in [-0.2, 0) is 16.8 Å². The Balaban J connectivity index is 0.00000242. The normalized spacial score (nSPS) is 19.5. The van der Waals surface area contributed by atoms with Crippen LogP contribution in [0.15, 0.2) is 23.8 Å². The molecule has 1 radical (unpaired) electrons. The second-order valence-electron chi connectivity index (χ2n) is 6.02. The van der Waals surface area contributed by atoms with Crippen molar-refractivity contribution >= 4 is 0 Å². The van der Waals surface area contributed by atoms with Crippen molar-refractivity contribution in [3.05, 3.63) is 35.9 Å². The third-order valence-electron chi connectivity index (χ3n) is 4.01. The van der Waals surface area contributed by atoms with E-state index in [0.29, 0.717) is 11.5 Å². The van der Waals surface area contributed by atoms with Crippen molar-refractivity contribution in [2.24, 2.45) is 5.92 Å². The van der Waals surface area contributed by atoms with Crippen LogP contribution < -0.4 is 9.47 Å². The molecule has 0 bridgehead atoms. The molecule has 0 saturated heterocycles. The van der Waals surface area contributed by atoms with Gasteiger partial charge < -0.3 is 21.2 Å². The van der Waals surface area contributed by atoms with E-state index >= 15 is 0 Å². The van der Waals surface area contributed by atoms with E-state index in [2.05, 4.69) is 0 Å². The molecule has 22 heavy (non-hydrogen) atoms. The van der Waals surface area contributed by atoms with Crippen LogP contribution >= 0.6 is 0 Å². The Morgan fingerprint density at radius 1 is 1.18 bits per heavy atom. The molecule has 4 heteroatoms. The van der Waals surface area contributed by atoms with E-state index in [4.69, 9.17) is 16.1 Å². The zero-order chi connectivity index (χ0) is 15.4. The standard InChI is InChI=1S/C18H25O3.Co/c1-12(2)21-17-11-15(9-10-16(17)20-4)18(19)14-7-5-13(3)6-8-14;/h3,9-12,14,18-19H,5-8H2,1-2,4H3;/q-1;. The topological polar surface area (TPSA) is 38.7 Å². The summed E-state index contributed by atoms with van der Waals surface area (Å²) in [7, 11) is 1.62. The minimum Gasteiger partial charge on any atom is -0.514 e. The molecule has 1 saturated carbocycles. The predicted molar refractivity (Wildman–Crippen MR) is 83.5 cm³/mol. The molecule has 125 valence electrons. The number of aliphatic hydroxyl groups is 1. The van der Waals surface area contributed by atoms with Crippen molar-refractivity contribution in [1.29, 1.82) is 0 Å². The van der Waals surface area contributed by atoms with Crippen molar-refractivity contribution in [2.75, 3.05) is 7.11 Å². The van der Waals surface area contributed by atoms with Gasteiger partial charge >= 0.3 is 0 Å². The van der Waals surface area contributed by atoms with Gasteiger partial charge in [0, 0.05) is 16.8 Å². The van der Waals surface area contributed by atoms with E-state index < -0.39 is 6.10 Å². The van der Waals surface area contributed by atoms with E-state index in [0.717, 1.165) is 36.8 Å². The van der Waals surface area contributed by atoms with Gasteiger partial charge in [-0.25, -0.2) is 0 Å². The van der Waals surface area contributed by atoms with Crippen LogP contribution in [0.2, 0.25) is 0 Å². The summed E-state index contributed by atoms with van der Waals surface area (Å²) in [5.74, 6) is 1.64. The summed E-state index contributed by atoms with van der Waals surface area (Å²) in [4.78, 5) is 0. The number of allylic oxidation sites excluding steroid dienone is 1. The first kappa shape index (κ1) is 19.1. The summed E-state index contributed by atoms with van der Waals surface area (Å²) >= 11 is 0. The first-order valence-electron chi connectivity index (χ1n) is 7.64. The average molecular weight is 348 g/mol. The predicted octanol–water partition coefficient (Wildman–Crippen LogP) is 4.06. The molecule has 1 aromatic rings. The Hall–Kier alpha value is -0.974. The maximum atomic E-state index is 10.6. The van der Waals surface area contributed by atoms with Gasteiger partial charge in [0.2, 0.25) is 0 Å². The zero-order valence-corrected chi connectivity index (χ0v) is 14.5. The van der Waals surface area contributed by atoms with Crippen LogP contribution in [0.4, 0.5) is 0 Å². The summed E-state index contributed by atoms with van der Waals surface area (Å²) in [6.07, 6.45) is 3.30. The Morgan fingerprint density at radius 2 is 1.82 bits per heavy atom. The maximum absolute atomic E-state index is 10.6. The van der Waals surface area contributed by atoms with E-state index in [1.807, 2.05) is 32.0 Å². The Morgan fingerprint density at radius 3 is 2.36 bits per heavy atom. The Bertz CT molecular complexity index is 489. The molecular weight excluding hydrogens is 323 g/mol. The van der Waals surface area contributed by atoms with E-state index in [1.165, 1.54) is 0 Å². The Labute approximate surface area is 143 Å². The summed E-state index contributed by atoms with van der Waals surface area (Å²) in [5.41, 5.74) is 1.94. The quantitative estimate of drug-likeness (QED) is 0.816. The fourth-order valence-corrected chi connectivity index (χ4v) is 2.82. The fourth-order valence-electron chi connectivity index (χ4n) is 2.82. The molecule has 2 rings (SSSR count). The van der Waals surface area contributed by atoms with Gasteiger partial charge in [-0.3, -0.25) is 5.57 Å². The second kappa shape index (κ2) is 8.60. The zero-order valence-electron chi connectivity index (χ0n) is 13.5. The number of hydrogen-bond acceptors (Lipinski definition) is 3. The van der Waals surface area contributed by atoms with Crippen LogP contribution in [0.1, 0.15) is 51.2 Å². The molecule has 1 atom stereocenters. The number of rotatable bonds is 5. The minimum absolute atomic E-state index is 0. The molecule has 0 amide bonds. The van der Waals surface area contributed by atoms with Crippen LogP contribution in [-0.4, -0.2) is 18.3 Å². The maximum Gasteiger partial charge on any atom is 0.161 e. The molecule has 0 heterocycles. The van der Waals surface area contributed by atoms with Crippen LogP contribution in [0.25, 0.3) is 0 Å². The molecule has 1 aromatic carbocycles. The van der Waals surface area contributed by atoms with Gasteiger partial charge in [0.05, 0.1) is 19.3 Å². The van der Waals surface area contributed by atoms with Gasteiger partial charge in [0.1, 0.15) is 0 Å². The van der Waals surface area contributed by atoms with E-state index in [1.54, 1.807) is 7.11 Å². The molecule has 3 nitrogen and oxygen atoms in total. The van der Waals surface area contributed by atoms with Gasteiger partial charge in [0.25, 0.3) is 0 Å². The number of aliphatic hydroxyl groups excluding tert-OH is 1. The van der Waals surface area contributed by atoms with Crippen molar-refractivity contribution in [3.8, 4) is 11.5 Å². The fraction of sp³-hybridized carbons (Fsp3) is 0.556. The third-order valence-corrected chi connectivity index (χ3v) is 4.01. The number of ether oxygens (including phenoxy) is 2. The largest absolute Gasteiger partial charge is 0.514 e. The van der Waals surface area contributed by atoms with Crippen molar-refractivity contribution in [3.63, 3.8) is 0 Å². The van der Waals surface area contributed by atoms with Gasteiger partial charge in [-0.15, -0.1) is 0 Å². The third kappa shape index (κ3) is 4.76. The molecule has 1 N–H and O–H groups in total. The van der Waals surface area contributed by atoms with Gasteiger partial charge in [-0.1, -0.05) is 18.9 Å². The van der Waals surface area contributed by atoms with E-state index in [-0.39, 0.29) is 28.8 Å². The molecule has 1 aliphatic carbocycles. The molecule has 1 fully saturated rings. The van der Waals surface area contributed by atoms with Crippen molar-refractivity contribution in [2.45, 2.75) is 51.7 Å². The van der Waals surface area contributed by atoms with Crippen LogP contribution in [0.5, 0.6) is 11.5 Å². The van der Waals surface area contributed by atoms with Crippen molar-refractivity contribution < 1.29 is 31.4 Å². The summed E-state index contributed by atoms with van der Waals surface area (Å²) in [5, 5.41) is 10.6. The van der Waals surface area contributed by atoms with Gasteiger partial charge in [-0.05, 0) is 50.3 Å². The van der Waals surface area contributed by atoms with Crippen LogP contribution in [0, 0.1) is 12.5 Å². The SMILES string of the molecule is [CH-]=C1CCC(C(O)c2ccc(OC)c(OC(C)C)c2)CC1.[Co]. The number of methoxy groups -OCH3 is 1. The molecule has 0 spiro atoms. The average Bonchev–Trinajstić information content (AvgIpc) is 2.46. The molecule has 0 aliphatic heterocycles. The molecule has 1 unspecified atom stereocenters. The summed E-state index contributed by atoms with van der Waals surface area (Å²) < 4.78 is 11.1. The minimum atomic E-state index is -0.474. The van der Waals surface area contributed by atoms with Gasteiger partial charge in [-0.2, -0.15) is 0 Å². The second-order valence-corrected chi connectivity index (χ2v) is 6.02. The molecule has 1 aliphatic rings.